The molecule has 8 heteroatoms. The first-order valence-corrected chi connectivity index (χ1v) is 9.33. The highest BCUT2D eigenvalue weighted by Crippen LogP contribution is 2.30. The van der Waals surface area contributed by atoms with Crippen molar-refractivity contribution in [1.29, 1.82) is 0 Å². The fourth-order valence-electron chi connectivity index (χ4n) is 2.69. The van der Waals surface area contributed by atoms with Gasteiger partial charge >= 0.3 is 5.97 Å². The van der Waals surface area contributed by atoms with Crippen LogP contribution in [0.15, 0.2) is 53.7 Å². The molecule has 0 saturated carbocycles. The van der Waals surface area contributed by atoms with Crippen LogP contribution in [0.1, 0.15) is 5.56 Å². The summed E-state index contributed by atoms with van der Waals surface area (Å²) >= 11 is 0. The van der Waals surface area contributed by atoms with Crippen LogP contribution in [0, 0.1) is 0 Å². The van der Waals surface area contributed by atoms with Crippen molar-refractivity contribution >= 4 is 21.5 Å². The second-order valence-electron chi connectivity index (χ2n) is 5.95. The Hall–Kier alpha value is -2.71. The van der Waals surface area contributed by atoms with Gasteiger partial charge in [-0.25, -0.2) is 17.2 Å². The molecule has 0 aliphatic rings. The van der Waals surface area contributed by atoms with E-state index in [2.05, 4.69) is 5.10 Å². The molecule has 136 valence electrons. The van der Waals surface area contributed by atoms with Gasteiger partial charge in [-0.15, -0.1) is 0 Å². The number of esters is 1. The summed E-state index contributed by atoms with van der Waals surface area (Å²) in [5, 5.41) is 4.22. The van der Waals surface area contributed by atoms with E-state index in [-0.39, 0.29) is 17.3 Å². The summed E-state index contributed by atoms with van der Waals surface area (Å²) in [6, 6.07) is 10.5. The number of sulfonamides is 1. The lowest BCUT2D eigenvalue weighted by Gasteiger charge is -2.15. The molecule has 0 atom stereocenters. The molecule has 1 aromatic carbocycles. The summed E-state index contributed by atoms with van der Waals surface area (Å²) in [6.07, 6.45) is 3.45. The van der Waals surface area contributed by atoms with Gasteiger partial charge in [-0.1, -0.05) is 18.2 Å². The predicted molar refractivity (Wildman–Crippen MR) is 97.2 cm³/mol. The van der Waals surface area contributed by atoms with E-state index in [1.54, 1.807) is 47.2 Å². The zero-order valence-electron chi connectivity index (χ0n) is 14.7. The molecule has 0 unspecified atom stereocenters. The number of nitrogens with zero attached hydrogens (tertiary/aromatic N) is 3. The first-order chi connectivity index (χ1) is 12.3. The van der Waals surface area contributed by atoms with Crippen molar-refractivity contribution in [2.24, 2.45) is 0 Å². The molecular formula is C18H19N3O4S. The Kier molecular flexibility index (Phi) is 4.80. The molecule has 0 saturated heterocycles. The Labute approximate surface area is 151 Å². The van der Waals surface area contributed by atoms with Crippen molar-refractivity contribution < 1.29 is 17.9 Å². The molecule has 0 N–H and O–H groups in total. The molecule has 0 radical (unpaired) electrons. The van der Waals surface area contributed by atoms with Crippen LogP contribution in [-0.2, 0) is 26.0 Å². The SMILES string of the molecule is COC(=O)Cc1cnn2ccc(-c3ccccc3S(=O)(=O)N(C)C)cc12. The molecule has 0 amide bonds. The Morgan fingerprint density at radius 3 is 2.65 bits per heavy atom. The number of aromatic nitrogens is 2. The third-order valence-electron chi connectivity index (χ3n) is 4.12. The average Bonchev–Trinajstić information content (AvgIpc) is 3.03. The van der Waals surface area contributed by atoms with Crippen molar-refractivity contribution in [3.63, 3.8) is 0 Å². The molecule has 0 aliphatic heterocycles. The minimum absolute atomic E-state index is 0.0983. The summed E-state index contributed by atoms with van der Waals surface area (Å²) in [5.41, 5.74) is 2.76. The number of rotatable bonds is 5. The second-order valence-corrected chi connectivity index (χ2v) is 8.07. The van der Waals surface area contributed by atoms with Crippen molar-refractivity contribution in [2.75, 3.05) is 21.2 Å². The number of fused-ring (bicyclic) bond motifs is 1. The highest BCUT2D eigenvalue weighted by Gasteiger charge is 2.22. The molecule has 26 heavy (non-hydrogen) atoms. The van der Waals surface area contributed by atoms with E-state index in [1.807, 2.05) is 6.07 Å². The minimum atomic E-state index is -3.59. The van der Waals surface area contributed by atoms with Gasteiger partial charge in [0.15, 0.2) is 0 Å². The maximum absolute atomic E-state index is 12.6. The molecular weight excluding hydrogens is 354 g/mol. The van der Waals surface area contributed by atoms with Crippen LogP contribution in [0.2, 0.25) is 0 Å². The summed E-state index contributed by atoms with van der Waals surface area (Å²) in [6.45, 7) is 0. The van der Waals surface area contributed by atoms with E-state index in [0.29, 0.717) is 11.1 Å². The Bertz CT molecular complexity index is 1070. The van der Waals surface area contributed by atoms with Crippen molar-refractivity contribution in [3.05, 3.63) is 54.4 Å². The third-order valence-corrected chi connectivity index (χ3v) is 5.99. The third kappa shape index (κ3) is 3.21. The fraction of sp³-hybridized carbons (Fsp3) is 0.222. The second kappa shape index (κ2) is 6.89. The quantitative estimate of drug-likeness (QED) is 0.639. The molecule has 2 heterocycles. The molecule has 3 aromatic rings. The van der Waals surface area contributed by atoms with Gasteiger partial charge in [-0.2, -0.15) is 5.10 Å². The van der Waals surface area contributed by atoms with Gasteiger partial charge in [0.2, 0.25) is 10.0 Å². The standard InChI is InChI=1S/C18H19N3O4S/c1-20(2)26(23,24)17-7-5-4-6-15(17)13-8-9-21-16(10-13)14(12-19-21)11-18(22)25-3/h4-10,12H,11H2,1-3H3. The molecule has 0 fully saturated rings. The first kappa shape index (κ1) is 18.1. The van der Waals surface area contributed by atoms with Gasteiger partial charge in [0, 0.05) is 31.4 Å². The van der Waals surface area contributed by atoms with Crippen LogP contribution in [-0.4, -0.2) is 49.5 Å². The van der Waals surface area contributed by atoms with E-state index >= 15 is 0 Å². The largest absolute Gasteiger partial charge is 0.469 e. The molecule has 2 aromatic heterocycles. The van der Waals surface area contributed by atoms with E-state index in [9.17, 15) is 13.2 Å². The normalized spacial score (nSPS) is 11.8. The molecule has 0 aliphatic carbocycles. The molecule has 0 spiro atoms. The average molecular weight is 373 g/mol. The van der Waals surface area contributed by atoms with Gasteiger partial charge in [0.05, 0.1) is 30.1 Å². The van der Waals surface area contributed by atoms with E-state index < -0.39 is 10.0 Å². The number of benzene rings is 1. The number of hydrogen-bond acceptors (Lipinski definition) is 5. The van der Waals surface area contributed by atoms with E-state index in [0.717, 1.165) is 11.1 Å². The summed E-state index contributed by atoms with van der Waals surface area (Å²) in [5.74, 6) is -0.360. The highest BCUT2D eigenvalue weighted by atomic mass is 32.2. The molecule has 3 rings (SSSR count). The topological polar surface area (TPSA) is 81.0 Å². The zero-order chi connectivity index (χ0) is 18.9. The highest BCUT2D eigenvalue weighted by molar-refractivity contribution is 7.89. The van der Waals surface area contributed by atoms with Gasteiger partial charge in [-0.3, -0.25) is 4.79 Å². The number of ether oxygens (including phenoxy) is 1. The maximum Gasteiger partial charge on any atom is 0.310 e. The van der Waals surface area contributed by atoms with Crippen molar-refractivity contribution in [1.82, 2.24) is 13.9 Å². The van der Waals surface area contributed by atoms with Crippen molar-refractivity contribution in [2.45, 2.75) is 11.3 Å². The summed E-state index contributed by atoms with van der Waals surface area (Å²) in [7, 11) is 0.745. The number of carbonyl (C=O) groups is 1. The zero-order valence-corrected chi connectivity index (χ0v) is 15.5. The number of methoxy groups -OCH3 is 1. The molecule has 0 bridgehead atoms. The van der Waals surface area contributed by atoms with Gasteiger partial charge in [0.25, 0.3) is 0 Å². The van der Waals surface area contributed by atoms with Crippen molar-refractivity contribution in [3.8, 4) is 11.1 Å². The first-order valence-electron chi connectivity index (χ1n) is 7.89. The number of hydrogen-bond donors (Lipinski definition) is 0. The van der Waals surface area contributed by atoms with Crippen LogP contribution in [0.25, 0.3) is 16.6 Å². The van der Waals surface area contributed by atoms with E-state index in [1.165, 1.54) is 25.5 Å². The Morgan fingerprint density at radius 1 is 1.23 bits per heavy atom. The maximum atomic E-state index is 12.6. The lowest BCUT2D eigenvalue weighted by molar-refractivity contribution is -0.139. The lowest BCUT2D eigenvalue weighted by Crippen LogP contribution is -2.22. The van der Waals surface area contributed by atoms with Gasteiger partial charge in [-0.05, 0) is 23.8 Å². The van der Waals surface area contributed by atoms with Crippen LogP contribution >= 0.6 is 0 Å². The van der Waals surface area contributed by atoms with Crippen LogP contribution in [0.5, 0.6) is 0 Å². The Morgan fingerprint density at radius 2 is 1.96 bits per heavy atom. The van der Waals surface area contributed by atoms with Crippen LogP contribution < -0.4 is 0 Å². The van der Waals surface area contributed by atoms with Crippen LogP contribution in [0.4, 0.5) is 0 Å². The van der Waals surface area contributed by atoms with Gasteiger partial charge < -0.3 is 4.74 Å². The number of pyridine rings is 1. The van der Waals surface area contributed by atoms with E-state index in [4.69, 9.17) is 4.74 Å². The Balaban J connectivity index is 2.15. The van der Waals surface area contributed by atoms with Gasteiger partial charge in [0.1, 0.15) is 0 Å². The lowest BCUT2D eigenvalue weighted by atomic mass is 10.1. The monoisotopic (exact) mass is 373 g/mol. The minimum Gasteiger partial charge on any atom is -0.469 e. The molecule has 7 nitrogen and oxygen atoms in total. The predicted octanol–water partition coefficient (Wildman–Crippen LogP) is 1.97. The summed E-state index contributed by atoms with van der Waals surface area (Å²) < 4.78 is 32.8. The number of carbonyl (C=O) groups excluding carboxylic acids is 1. The smallest absolute Gasteiger partial charge is 0.310 e. The summed E-state index contributed by atoms with van der Waals surface area (Å²) in [4.78, 5) is 11.8. The fourth-order valence-corrected chi connectivity index (χ4v) is 3.80. The van der Waals surface area contributed by atoms with Crippen LogP contribution in [0.3, 0.4) is 0 Å².